The molecule has 1 amide bonds. The van der Waals surface area contributed by atoms with E-state index in [0.717, 1.165) is 22.7 Å². The number of hydrogen-bond acceptors (Lipinski definition) is 6. The van der Waals surface area contributed by atoms with E-state index in [2.05, 4.69) is 10.2 Å². The molecule has 0 fully saturated rings. The first-order chi connectivity index (χ1) is 13.5. The molecule has 2 aromatic heterocycles. The number of amides is 1. The molecule has 0 aliphatic carbocycles. The summed E-state index contributed by atoms with van der Waals surface area (Å²) in [5.41, 5.74) is 3.01. The molecule has 0 radical (unpaired) electrons. The Bertz CT molecular complexity index is 1060. The number of carbonyl (C=O) groups excluding carboxylic acids is 1. The van der Waals surface area contributed by atoms with Crippen molar-refractivity contribution in [2.75, 3.05) is 0 Å². The number of benzene rings is 1. The van der Waals surface area contributed by atoms with Crippen LogP contribution in [0.25, 0.3) is 0 Å². The van der Waals surface area contributed by atoms with E-state index in [4.69, 9.17) is 9.83 Å². The summed E-state index contributed by atoms with van der Waals surface area (Å²) in [5.74, 6) is 0.484. The Balaban J connectivity index is 1.63. The Labute approximate surface area is 166 Å². The second kappa shape index (κ2) is 7.55. The summed E-state index contributed by atoms with van der Waals surface area (Å²) in [4.78, 5) is 13.3. The van der Waals surface area contributed by atoms with Gasteiger partial charge in [-0.15, -0.1) is 0 Å². The number of aromatic nitrogens is 2. The van der Waals surface area contributed by atoms with Gasteiger partial charge in [-0.1, -0.05) is 48.1 Å². The van der Waals surface area contributed by atoms with E-state index >= 15 is 0 Å². The zero-order valence-corrected chi connectivity index (χ0v) is 16.6. The van der Waals surface area contributed by atoms with Crippen LogP contribution in [-0.4, -0.2) is 26.4 Å². The van der Waals surface area contributed by atoms with Crippen LogP contribution in [0.15, 0.2) is 52.2 Å². The highest BCUT2D eigenvalue weighted by Crippen LogP contribution is 2.33. The van der Waals surface area contributed by atoms with Crippen molar-refractivity contribution < 1.29 is 9.21 Å². The summed E-state index contributed by atoms with van der Waals surface area (Å²) in [7, 11) is 0. The summed E-state index contributed by atoms with van der Waals surface area (Å²) in [5, 5.41) is 19.3. The summed E-state index contributed by atoms with van der Waals surface area (Å²) >= 11 is 1.29. The maximum atomic E-state index is 13.0. The molecule has 3 aromatic rings. The van der Waals surface area contributed by atoms with Crippen molar-refractivity contribution in [3.05, 3.63) is 69.4 Å². The second-order valence-electron chi connectivity index (χ2n) is 6.70. The van der Waals surface area contributed by atoms with E-state index in [1.165, 1.54) is 26.6 Å². The Morgan fingerprint density at radius 3 is 2.75 bits per heavy atom. The summed E-state index contributed by atoms with van der Waals surface area (Å²) < 4.78 is 7.01. The zero-order valence-electron chi connectivity index (χ0n) is 15.8. The van der Waals surface area contributed by atoms with Gasteiger partial charge in [0.15, 0.2) is 0 Å². The van der Waals surface area contributed by atoms with Crippen LogP contribution in [0.4, 0.5) is 0 Å². The molecule has 8 heteroatoms. The molecule has 0 saturated heterocycles. The molecular formula is C20H21N5O2S. The molecule has 1 atom stereocenters. The van der Waals surface area contributed by atoms with Gasteiger partial charge in [0.2, 0.25) is 4.80 Å². The lowest BCUT2D eigenvalue weighted by molar-refractivity contribution is -0.134. The molecule has 0 spiro atoms. The largest absolute Gasteiger partial charge is 0.467 e. The molecule has 7 nitrogen and oxygen atoms in total. The molecular weight excluding hydrogens is 374 g/mol. The van der Waals surface area contributed by atoms with Crippen LogP contribution < -0.4 is 4.80 Å². The topological polar surface area (TPSA) is 87.5 Å². The Morgan fingerprint density at radius 2 is 2.11 bits per heavy atom. The van der Waals surface area contributed by atoms with E-state index < -0.39 is 0 Å². The highest BCUT2D eigenvalue weighted by atomic mass is 32.1. The van der Waals surface area contributed by atoms with Gasteiger partial charge in [-0.05, 0) is 31.0 Å². The molecule has 0 unspecified atom stereocenters. The molecule has 1 aromatic carbocycles. The standard InChI is InChI=1S/C20H21N5O2S/c1-3-18-23-24(20(21)28-18)12-19(26)25-16(17-5-4-10-27-17)11-15(22-25)14-8-6-13(2)7-9-14/h4-10,16,21H,3,11-12H2,1-2H3/t16-/m0/s1. The number of hydrogen-bond donors (Lipinski definition) is 1. The van der Waals surface area contributed by atoms with Crippen LogP contribution in [0.1, 0.15) is 41.3 Å². The first-order valence-corrected chi connectivity index (χ1v) is 9.98. The fourth-order valence-corrected chi connectivity index (χ4v) is 3.90. The average Bonchev–Trinajstić information content (AvgIpc) is 3.42. The monoisotopic (exact) mass is 395 g/mol. The third-order valence-electron chi connectivity index (χ3n) is 4.69. The molecule has 3 heterocycles. The summed E-state index contributed by atoms with van der Waals surface area (Å²) in [6.07, 6.45) is 2.93. The van der Waals surface area contributed by atoms with E-state index in [9.17, 15) is 4.79 Å². The van der Waals surface area contributed by atoms with Crippen molar-refractivity contribution >= 4 is 23.0 Å². The number of nitrogens with zero attached hydrogens (tertiary/aromatic N) is 4. The minimum absolute atomic E-state index is 0.0166. The Hall–Kier alpha value is -3.00. The molecule has 28 heavy (non-hydrogen) atoms. The van der Waals surface area contributed by atoms with Gasteiger partial charge >= 0.3 is 0 Å². The van der Waals surface area contributed by atoms with Crippen molar-refractivity contribution in [2.24, 2.45) is 5.10 Å². The molecule has 1 aliphatic rings. The van der Waals surface area contributed by atoms with Gasteiger partial charge in [-0.3, -0.25) is 10.2 Å². The third-order valence-corrected chi connectivity index (χ3v) is 5.70. The van der Waals surface area contributed by atoms with E-state index in [1.54, 1.807) is 6.26 Å². The summed E-state index contributed by atoms with van der Waals surface area (Å²) in [6, 6.07) is 11.5. The highest BCUT2D eigenvalue weighted by molar-refractivity contribution is 7.08. The highest BCUT2D eigenvalue weighted by Gasteiger charge is 2.35. The average molecular weight is 395 g/mol. The predicted molar refractivity (Wildman–Crippen MR) is 106 cm³/mol. The van der Waals surface area contributed by atoms with E-state index in [0.29, 0.717) is 12.2 Å². The van der Waals surface area contributed by atoms with E-state index in [-0.39, 0.29) is 23.3 Å². The number of hydrazone groups is 1. The second-order valence-corrected chi connectivity index (χ2v) is 7.76. The molecule has 1 N–H and O–H groups in total. The number of rotatable bonds is 5. The SMILES string of the molecule is CCc1nn(CC(=O)N2N=C(c3ccc(C)cc3)C[C@H]2c2ccco2)c(=N)s1. The maximum absolute atomic E-state index is 13.0. The fourth-order valence-electron chi connectivity index (χ4n) is 3.18. The quantitative estimate of drug-likeness (QED) is 0.719. The van der Waals surface area contributed by atoms with Crippen molar-refractivity contribution in [1.29, 1.82) is 5.41 Å². The van der Waals surface area contributed by atoms with Gasteiger partial charge in [0, 0.05) is 6.42 Å². The predicted octanol–water partition coefficient (Wildman–Crippen LogP) is 3.27. The van der Waals surface area contributed by atoms with Crippen LogP contribution >= 0.6 is 11.3 Å². The molecule has 1 aliphatic heterocycles. The van der Waals surface area contributed by atoms with Gasteiger partial charge in [0.25, 0.3) is 5.91 Å². The van der Waals surface area contributed by atoms with Gasteiger partial charge in [-0.2, -0.15) is 10.2 Å². The lowest BCUT2D eigenvalue weighted by atomic mass is 10.0. The Kier molecular flexibility index (Phi) is 4.95. The van der Waals surface area contributed by atoms with Crippen LogP contribution in [0.5, 0.6) is 0 Å². The number of aryl methyl sites for hydroxylation is 2. The molecule has 0 bridgehead atoms. The van der Waals surface area contributed by atoms with Crippen LogP contribution in [0, 0.1) is 12.3 Å². The van der Waals surface area contributed by atoms with Gasteiger partial charge in [0.05, 0.1) is 12.0 Å². The number of carbonyl (C=O) groups is 1. The van der Waals surface area contributed by atoms with Crippen molar-refractivity contribution in [2.45, 2.75) is 39.3 Å². The van der Waals surface area contributed by atoms with Gasteiger partial charge < -0.3 is 4.42 Å². The van der Waals surface area contributed by atoms with Gasteiger partial charge in [-0.25, -0.2) is 9.69 Å². The van der Waals surface area contributed by atoms with Crippen LogP contribution in [-0.2, 0) is 17.8 Å². The van der Waals surface area contributed by atoms with Crippen LogP contribution in [0.2, 0.25) is 0 Å². The normalized spacial score (nSPS) is 16.4. The van der Waals surface area contributed by atoms with Gasteiger partial charge in [0.1, 0.15) is 23.4 Å². The zero-order chi connectivity index (χ0) is 19.7. The lowest BCUT2D eigenvalue weighted by Gasteiger charge is -2.19. The van der Waals surface area contributed by atoms with E-state index in [1.807, 2.05) is 50.2 Å². The number of furan rings is 1. The minimum Gasteiger partial charge on any atom is -0.467 e. The fraction of sp³-hybridized carbons (Fsp3) is 0.300. The van der Waals surface area contributed by atoms with Crippen molar-refractivity contribution in [3.63, 3.8) is 0 Å². The minimum atomic E-state index is -0.294. The van der Waals surface area contributed by atoms with Crippen LogP contribution in [0.3, 0.4) is 0 Å². The lowest BCUT2D eigenvalue weighted by Crippen LogP contribution is -2.33. The first-order valence-electron chi connectivity index (χ1n) is 9.16. The Morgan fingerprint density at radius 1 is 1.32 bits per heavy atom. The first kappa shape index (κ1) is 18.4. The van der Waals surface area contributed by atoms with Crippen molar-refractivity contribution in [3.8, 4) is 0 Å². The smallest absolute Gasteiger partial charge is 0.265 e. The number of nitrogens with one attached hydrogen (secondary N) is 1. The van der Waals surface area contributed by atoms with Crippen molar-refractivity contribution in [1.82, 2.24) is 14.8 Å². The third kappa shape index (κ3) is 3.55. The molecule has 0 saturated carbocycles. The molecule has 4 rings (SSSR count). The summed E-state index contributed by atoms with van der Waals surface area (Å²) in [6.45, 7) is 4.00. The maximum Gasteiger partial charge on any atom is 0.265 e. The molecule has 144 valence electrons.